The highest BCUT2D eigenvalue weighted by molar-refractivity contribution is 6.11. The van der Waals surface area contributed by atoms with E-state index in [-0.39, 0.29) is 0 Å². The van der Waals surface area contributed by atoms with Gasteiger partial charge >= 0.3 is 0 Å². The quantitative estimate of drug-likeness (QED) is 0.180. The normalized spacial score (nSPS) is 11.3. The highest BCUT2D eigenvalue weighted by Crippen LogP contribution is 2.41. The van der Waals surface area contributed by atoms with Gasteiger partial charge in [0.15, 0.2) is 0 Å². The van der Waals surface area contributed by atoms with E-state index in [9.17, 15) is 10.5 Å². The van der Waals surface area contributed by atoms with Gasteiger partial charge in [-0.25, -0.2) is 0 Å². The summed E-state index contributed by atoms with van der Waals surface area (Å²) >= 11 is 0. The molecule has 0 unspecified atom stereocenters. The Kier molecular flexibility index (Phi) is 7.22. The minimum atomic E-state index is 0.551. The van der Waals surface area contributed by atoms with Crippen LogP contribution in [0.1, 0.15) is 11.1 Å². The second-order valence-electron chi connectivity index (χ2n) is 13.5. The van der Waals surface area contributed by atoms with Crippen LogP contribution in [0.2, 0.25) is 0 Å². The molecule has 4 nitrogen and oxygen atoms in total. The van der Waals surface area contributed by atoms with Gasteiger partial charge in [0.1, 0.15) is 22.3 Å². The first-order chi connectivity index (χ1) is 26.6. The van der Waals surface area contributed by atoms with E-state index in [0.717, 1.165) is 99.5 Å². The fourth-order valence-corrected chi connectivity index (χ4v) is 7.74. The molecule has 8 aromatic carbocycles. The van der Waals surface area contributed by atoms with Gasteiger partial charge in [-0.1, -0.05) is 103 Å². The summed E-state index contributed by atoms with van der Waals surface area (Å²) in [5.74, 6) is 0. The fraction of sp³-hybridized carbons (Fsp3) is 0. The van der Waals surface area contributed by atoms with E-state index >= 15 is 0 Å². The number of fused-ring (bicyclic) bond motifs is 6. The van der Waals surface area contributed by atoms with Crippen molar-refractivity contribution < 1.29 is 8.83 Å². The molecular weight excluding hydrogens is 661 g/mol. The second kappa shape index (κ2) is 12.5. The van der Waals surface area contributed by atoms with Crippen LogP contribution < -0.4 is 0 Å². The van der Waals surface area contributed by atoms with Crippen LogP contribution in [0.3, 0.4) is 0 Å². The third-order valence-corrected chi connectivity index (χ3v) is 10.3. The minimum Gasteiger partial charge on any atom is -0.455 e. The summed E-state index contributed by atoms with van der Waals surface area (Å²) in [6.07, 6.45) is 0. The van der Waals surface area contributed by atoms with Gasteiger partial charge in [-0.15, -0.1) is 0 Å². The zero-order chi connectivity index (χ0) is 36.2. The van der Waals surface area contributed by atoms with Crippen molar-refractivity contribution in [1.82, 2.24) is 0 Å². The van der Waals surface area contributed by atoms with E-state index < -0.39 is 0 Å². The van der Waals surface area contributed by atoms with Crippen LogP contribution in [0.4, 0.5) is 0 Å². The number of nitrogens with zero attached hydrogens (tertiary/aromatic N) is 2. The molecule has 0 aliphatic rings. The van der Waals surface area contributed by atoms with Gasteiger partial charge in [0.05, 0.1) is 23.3 Å². The Morgan fingerprint density at radius 2 is 0.685 bits per heavy atom. The summed E-state index contributed by atoms with van der Waals surface area (Å²) in [5.41, 5.74) is 13.8. The molecule has 0 saturated carbocycles. The van der Waals surface area contributed by atoms with E-state index in [1.807, 2.05) is 103 Å². The molecule has 0 N–H and O–H groups in total. The number of nitriles is 2. The van der Waals surface area contributed by atoms with Crippen LogP contribution in [-0.2, 0) is 0 Å². The van der Waals surface area contributed by atoms with Gasteiger partial charge in [-0.05, 0) is 111 Å². The third-order valence-electron chi connectivity index (χ3n) is 10.3. The SMILES string of the molecule is N#Cc1cc(-c2cc(-c3ccccc3)cc(-c3cc(C#N)cc(-c4cccc5c4oc4ccccc45)c3)c2)cc(-c2cccc3c2oc2ccccc23)c1. The van der Waals surface area contributed by atoms with Crippen molar-refractivity contribution in [2.75, 3.05) is 0 Å². The molecule has 2 heterocycles. The summed E-state index contributed by atoms with van der Waals surface area (Å²) < 4.78 is 12.8. The topological polar surface area (TPSA) is 73.9 Å². The first-order valence-corrected chi connectivity index (χ1v) is 17.8. The zero-order valence-electron chi connectivity index (χ0n) is 28.9. The van der Waals surface area contributed by atoms with Gasteiger partial charge in [-0.2, -0.15) is 10.5 Å². The molecule has 0 aliphatic carbocycles. The summed E-state index contributed by atoms with van der Waals surface area (Å²) in [6.45, 7) is 0. The van der Waals surface area contributed by atoms with E-state index in [0.29, 0.717) is 11.1 Å². The molecule has 0 saturated heterocycles. The van der Waals surface area contributed by atoms with Crippen LogP contribution in [-0.4, -0.2) is 0 Å². The second-order valence-corrected chi connectivity index (χ2v) is 13.5. The van der Waals surface area contributed by atoms with Gasteiger partial charge < -0.3 is 8.83 Å². The Balaban J connectivity index is 1.17. The van der Waals surface area contributed by atoms with E-state index in [1.165, 1.54) is 0 Å². The average Bonchev–Trinajstić information content (AvgIpc) is 3.82. The third kappa shape index (κ3) is 5.22. The van der Waals surface area contributed by atoms with Crippen molar-refractivity contribution in [3.8, 4) is 67.8 Å². The Morgan fingerprint density at radius 1 is 0.315 bits per heavy atom. The molecule has 10 rings (SSSR count). The minimum absolute atomic E-state index is 0.551. The number of hydrogen-bond donors (Lipinski definition) is 0. The van der Waals surface area contributed by atoms with Gasteiger partial charge in [0, 0.05) is 32.7 Å². The molecule has 0 bridgehead atoms. The molecule has 0 aliphatic heterocycles. The maximum absolute atomic E-state index is 10.3. The van der Waals surface area contributed by atoms with Crippen LogP contribution in [0, 0.1) is 22.7 Å². The van der Waals surface area contributed by atoms with Crippen molar-refractivity contribution in [2.24, 2.45) is 0 Å². The molecule has 250 valence electrons. The standard InChI is InChI=1S/C50H28N2O2/c51-29-31-20-34(27-39(22-31)41-14-8-16-45-43-12-4-6-18-47(43)53-49(41)45)37-24-36(33-10-2-1-3-11-33)25-38(26-37)35-21-32(30-52)23-40(28-35)42-15-9-17-46-44-13-5-7-19-48(44)54-50(42)46/h1-28H. The largest absolute Gasteiger partial charge is 0.455 e. The molecule has 0 atom stereocenters. The molecule has 54 heavy (non-hydrogen) atoms. The molecule has 10 aromatic rings. The van der Waals surface area contributed by atoms with E-state index in [1.54, 1.807) is 0 Å². The van der Waals surface area contributed by atoms with Crippen molar-refractivity contribution in [3.63, 3.8) is 0 Å². The average molecular weight is 689 g/mol. The Hall–Kier alpha value is -7.66. The zero-order valence-corrected chi connectivity index (χ0v) is 28.9. The number of rotatable bonds is 5. The lowest BCUT2D eigenvalue weighted by Crippen LogP contribution is -1.90. The van der Waals surface area contributed by atoms with Crippen molar-refractivity contribution in [2.45, 2.75) is 0 Å². The highest BCUT2D eigenvalue weighted by Gasteiger charge is 2.17. The Bertz CT molecular complexity index is 3000. The number of para-hydroxylation sites is 4. The van der Waals surface area contributed by atoms with Crippen molar-refractivity contribution in [3.05, 3.63) is 181 Å². The number of hydrogen-bond acceptors (Lipinski definition) is 4. The first-order valence-electron chi connectivity index (χ1n) is 17.8. The van der Waals surface area contributed by atoms with E-state index in [4.69, 9.17) is 8.83 Å². The summed E-state index contributed by atoms with van der Waals surface area (Å²) in [6, 6.07) is 62.0. The Labute approximate surface area is 311 Å². The van der Waals surface area contributed by atoms with Crippen molar-refractivity contribution >= 4 is 43.9 Å². The summed E-state index contributed by atoms with van der Waals surface area (Å²) in [5, 5.41) is 24.7. The highest BCUT2D eigenvalue weighted by atomic mass is 16.3. The summed E-state index contributed by atoms with van der Waals surface area (Å²) in [4.78, 5) is 0. The lowest BCUT2D eigenvalue weighted by molar-refractivity contribution is 0.669. The lowest BCUT2D eigenvalue weighted by Gasteiger charge is -2.14. The van der Waals surface area contributed by atoms with Gasteiger partial charge in [-0.3, -0.25) is 0 Å². The Morgan fingerprint density at radius 3 is 1.17 bits per heavy atom. The van der Waals surface area contributed by atoms with Gasteiger partial charge in [0.25, 0.3) is 0 Å². The molecule has 0 radical (unpaired) electrons. The molecule has 4 heteroatoms. The number of furan rings is 2. The van der Waals surface area contributed by atoms with Crippen LogP contribution in [0.15, 0.2) is 179 Å². The summed E-state index contributed by atoms with van der Waals surface area (Å²) in [7, 11) is 0. The molecule has 0 fully saturated rings. The predicted octanol–water partition coefficient (Wildman–Crippen LogP) is 13.6. The lowest BCUT2D eigenvalue weighted by atomic mass is 9.89. The molecule has 2 aromatic heterocycles. The molecule has 0 spiro atoms. The first kappa shape index (κ1) is 31.1. The molecule has 0 amide bonds. The van der Waals surface area contributed by atoms with Gasteiger partial charge in [0.2, 0.25) is 0 Å². The predicted molar refractivity (Wildman–Crippen MR) is 218 cm³/mol. The fourth-order valence-electron chi connectivity index (χ4n) is 7.74. The monoisotopic (exact) mass is 688 g/mol. The molecular formula is C50H28N2O2. The maximum Gasteiger partial charge on any atom is 0.143 e. The van der Waals surface area contributed by atoms with Crippen LogP contribution >= 0.6 is 0 Å². The van der Waals surface area contributed by atoms with Crippen LogP contribution in [0.25, 0.3) is 99.5 Å². The number of benzene rings is 8. The van der Waals surface area contributed by atoms with Crippen LogP contribution in [0.5, 0.6) is 0 Å². The smallest absolute Gasteiger partial charge is 0.143 e. The maximum atomic E-state index is 10.3. The van der Waals surface area contributed by atoms with E-state index in [2.05, 4.69) is 78.9 Å². The van der Waals surface area contributed by atoms with Crippen molar-refractivity contribution in [1.29, 1.82) is 10.5 Å².